The molecule has 0 spiro atoms. The smallest absolute Gasteiger partial charge is 0.337 e. The number of aliphatic carboxylic acids is 2. The van der Waals surface area contributed by atoms with Crippen LogP contribution in [0.25, 0.3) is 0 Å². The fourth-order valence-electron chi connectivity index (χ4n) is 4.56. The summed E-state index contributed by atoms with van der Waals surface area (Å²) in [4.78, 5) is 64.2. The van der Waals surface area contributed by atoms with Crippen molar-refractivity contribution in [2.45, 2.75) is 56.7 Å². The predicted molar refractivity (Wildman–Crippen MR) is 236 cm³/mol. The maximum absolute atomic E-state index is 11.0. The number of aliphatic hydroxyl groups excluding tert-OH is 1. The molecule has 0 heterocycles. The minimum Gasteiger partial charge on any atom is -0.479 e. The Balaban J connectivity index is 0.000000781. The molecule has 0 bridgehead atoms. The van der Waals surface area contributed by atoms with Crippen LogP contribution in [0.1, 0.15) is 80.0 Å². The van der Waals surface area contributed by atoms with Gasteiger partial charge in [0.1, 0.15) is 12.4 Å². The molecule has 0 aliphatic rings. The first-order valence-electron chi connectivity index (χ1n) is 17.9. The minimum atomic E-state index is -1.77. The third-order valence-electron chi connectivity index (χ3n) is 7.11. The fraction of sp³-hybridized carbons (Fsp3) is 0.268. The van der Waals surface area contributed by atoms with E-state index in [0.717, 1.165) is 6.29 Å². The van der Waals surface area contributed by atoms with E-state index >= 15 is 0 Å². The summed E-state index contributed by atoms with van der Waals surface area (Å²) in [6.07, 6.45) is -2.31. The Bertz CT molecular complexity index is 1950. The quantitative estimate of drug-likeness (QED) is 0.0226. The van der Waals surface area contributed by atoms with E-state index in [-0.39, 0.29) is 17.7 Å². The number of alkyl halides is 3. The molecule has 0 saturated carbocycles. The van der Waals surface area contributed by atoms with Gasteiger partial charge in [0.25, 0.3) is 0 Å². The van der Waals surface area contributed by atoms with Gasteiger partial charge in [-0.1, -0.05) is 71.2 Å². The summed E-state index contributed by atoms with van der Waals surface area (Å²) in [5, 5.41) is 35.3. The van der Waals surface area contributed by atoms with Crippen molar-refractivity contribution in [1.29, 1.82) is 0 Å². The molecular weight excluding hydrogens is 859 g/mol. The number of benzene rings is 4. The Kier molecular flexibility index (Phi) is 26.8. The van der Waals surface area contributed by atoms with E-state index in [9.17, 15) is 33.9 Å². The number of nitrogens with one attached hydrogen (secondary N) is 3. The van der Waals surface area contributed by atoms with Crippen LogP contribution in [-0.2, 0) is 33.4 Å². The van der Waals surface area contributed by atoms with E-state index in [1.165, 1.54) is 20.8 Å². The van der Waals surface area contributed by atoms with Gasteiger partial charge in [-0.2, -0.15) is 0 Å². The van der Waals surface area contributed by atoms with Crippen molar-refractivity contribution in [3.63, 3.8) is 0 Å². The van der Waals surface area contributed by atoms with E-state index in [4.69, 9.17) is 60.2 Å². The van der Waals surface area contributed by atoms with Crippen LogP contribution in [0, 0.1) is 0 Å². The third-order valence-corrected chi connectivity index (χ3v) is 7.73. The standard InChI is InChI=1S/C12H15NO4.C10H10Cl3NO2.C10H13NO3.C9H9NO2.H4N2/c1-3-17-11(12(15)16)9-4-6-10(7-5-9)13-8(2)14;1-6(15)14-8-4-2-7(3-5-8)9(16)10(11,12)13;1-2-14-9(10(12)13)7-3-5-8(11)6-4-7;1-7(12)10-9-4-2-8(6-11)3-5-9;1-2/h4-7,11H,3H2,1-2H3,(H,13,14)(H,15,16);2-5,9,16H,1H3,(H,14,15);3-6,9H,2,11H2,1H3,(H,12,13);2-6H,1H3,(H,10,12);1-2H2. The van der Waals surface area contributed by atoms with Crippen molar-refractivity contribution in [3.8, 4) is 0 Å². The summed E-state index contributed by atoms with van der Waals surface area (Å²) in [5.74, 6) is 5.52. The molecule has 0 aromatic heterocycles. The second kappa shape index (κ2) is 29.6. The number of halogens is 3. The number of anilines is 4. The molecule has 3 atom stereocenters. The van der Waals surface area contributed by atoms with Crippen LogP contribution in [0.2, 0.25) is 0 Å². The predicted octanol–water partition coefficient (Wildman–Crippen LogP) is 6.56. The molecule has 0 aliphatic heterocycles. The highest BCUT2D eigenvalue weighted by molar-refractivity contribution is 6.68. The summed E-state index contributed by atoms with van der Waals surface area (Å²) in [6.45, 7) is 8.44. The van der Waals surface area contributed by atoms with Crippen LogP contribution in [0.4, 0.5) is 22.7 Å². The minimum absolute atomic E-state index is 0.117. The SMILES string of the molecule is CC(=O)Nc1ccc(C(O)C(Cl)(Cl)Cl)cc1.CC(=O)Nc1ccc(C=O)cc1.CCOC(C(=O)O)c1ccc(N)cc1.CCOC(C(=O)O)c1ccc(NC(C)=O)cc1.NN. The molecule has 3 unspecified atom stereocenters. The number of nitrogen functional groups attached to an aromatic ring is 1. The second-order valence-corrected chi connectivity index (χ2v) is 14.4. The summed E-state index contributed by atoms with van der Waals surface area (Å²) in [7, 11) is 0. The van der Waals surface area contributed by atoms with Gasteiger partial charge in [0.2, 0.25) is 21.5 Å². The first kappa shape index (κ1) is 55.4. The van der Waals surface area contributed by atoms with Crippen LogP contribution < -0.4 is 33.4 Å². The number of aliphatic hydroxyl groups is 1. The van der Waals surface area contributed by atoms with Crippen molar-refractivity contribution >= 4 is 93.5 Å². The first-order chi connectivity index (χ1) is 28.7. The molecule has 4 rings (SSSR count). The monoisotopic (exact) mass is 908 g/mol. The average molecular weight is 910 g/mol. The largest absolute Gasteiger partial charge is 0.479 e. The average Bonchev–Trinajstić information content (AvgIpc) is 3.20. The Morgan fingerprint density at radius 3 is 1.16 bits per heavy atom. The number of aldehydes is 1. The highest BCUT2D eigenvalue weighted by Gasteiger charge is 2.32. The maximum atomic E-state index is 11.0. The number of hydrazine groups is 1. The van der Waals surface area contributed by atoms with Gasteiger partial charge in [0.05, 0.1) is 0 Å². The molecule has 4 aromatic rings. The Morgan fingerprint density at radius 1 is 0.607 bits per heavy atom. The molecule has 12 N–H and O–H groups in total. The zero-order chi connectivity index (χ0) is 46.7. The highest BCUT2D eigenvalue weighted by Crippen LogP contribution is 2.39. The van der Waals surface area contributed by atoms with Crippen molar-refractivity contribution in [2.24, 2.45) is 11.7 Å². The van der Waals surface area contributed by atoms with Crippen LogP contribution in [0.5, 0.6) is 0 Å². The number of carboxylic acid groups (broad SMARTS) is 2. The van der Waals surface area contributed by atoms with E-state index < -0.39 is 34.0 Å². The van der Waals surface area contributed by atoms with Crippen molar-refractivity contribution in [1.82, 2.24) is 0 Å². The third kappa shape index (κ3) is 23.1. The molecule has 332 valence electrons. The zero-order valence-corrected chi connectivity index (χ0v) is 36.2. The van der Waals surface area contributed by atoms with Gasteiger partial charge in [-0.25, -0.2) is 9.59 Å². The van der Waals surface area contributed by atoms with E-state index in [1.807, 2.05) is 0 Å². The summed E-state index contributed by atoms with van der Waals surface area (Å²) in [6, 6.07) is 26.2. The highest BCUT2D eigenvalue weighted by atomic mass is 35.6. The van der Waals surface area contributed by atoms with Gasteiger partial charge < -0.3 is 46.5 Å². The molecule has 0 radical (unpaired) electrons. The summed E-state index contributed by atoms with van der Waals surface area (Å²) >= 11 is 16.7. The van der Waals surface area contributed by atoms with E-state index in [0.29, 0.717) is 58.2 Å². The number of nitrogens with two attached hydrogens (primary N) is 3. The summed E-state index contributed by atoms with van der Waals surface area (Å²) < 4.78 is 8.44. The molecule has 61 heavy (non-hydrogen) atoms. The number of amides is 3. The second-order valence-electron chi connectivity index (χ2n) is 12.0. The molecule has 3 amide bonds. The summed E-state index contributed by atoms with van der Waals surface area (Å²) in [5.41, 5.74) is 10.3. The van der Waals surface area contributed by atoms with Gasteiger partial charge in [-0.15, -0.1) is 0 Å². The van der Waals surface area contributed by atoms with E-state index in [2.05, 4.69) is 27.6 Å². The Hall–Kier alpha value is -5.63. The number of hydrogen-bond donors (Lipinski definition) is 9. The van der Waals surface area contributed by atoms with Gasteiger partial charge in [-0.05, 0) is 91.2 Å². The van der Waals surface area contributed by atoms with Gasteiger partial charge in [-0.3, -0.25) is 30.9 Å². The normalized spacial score (nSPS) is 11.5. The molecule has 0 aliphatic carbocycles. The lowest BCUT2D eigenvalue weighted by molar-refractivity contribution is -0.151. The number of carbonyl (C=O) groups is 6. The van der Waals surface area contributed by atoms with Crippen molar-refractivity contribution < 1.29 is 53.6 Å². The lowest BCUT2D eigenvalue weighted by Crippen LogP contribution is -2.16. The Labute approximate surface area is 368 Å². The van der Waals surface area contributed by atoms with Gasteiger partial charge in [0.15, 0.2) is 12.2 Å². The van der Waals surface area contributed by atoms with Crippen molar-refractivity contribution in [3.05, 3.63) is 119 Å². The number of carbonyl (C=O) groups excluding carboxylic acids is 4. The number of ether oxygens (including phenoxy) is 2. The lowest BCUT2D eigenvalue weighted by atomic mass is 10.1. The molecular formula is C41H51Cl3N6O11. The Morgan fingerprint density at radius 2 is 0.902 bits per heavy atom. The van der Waals surface area contributed by atoms with Crippen LogP contribution in [-0.4, -0.2) is 68.3 Å². The van der Waals surface area contributed by atoms with Crippen LogP contribution in [0.15, 0.2) is 97.1 Å². The molecule has 20 heteroatoms. The number of rotatable bonds is 13. The van der Waals surface area contributed by atoms with E-state index in [1.54, 1.807) is 111 Å². The van der Waals surface area contributed by atoms with Crippen LogP contribution >= 0.6 is 34.8 Å². The fourth-order valence-corrected chi connectivity index (χ4v) is 4.94. The first-order valence-corrected chi connectivity index (χ1v) is 19.1. The molecule has 0 saturated heterocycles. The number of hydrogen-bond acceptors (Lipinski definition) is 12. The zero-order valence-electron chi connectivity index (χ0n) is 33.9. The molecule has 17 nitrogen and oxygen atoms in total. The molecule has 0 fully saturated rings. The molecule has 4 aromatic carbocycles. The number of carboxylic acids is 2. The topological polar surface area (TPSA) is 296 Å². The van der Waals surface area contributed by atoms with Crippen molar-refractivity contribution in [2.75, 3.05) is 34.9 Å². The van der Waals surface area contributed by atoms with Gasteiger partial charge in [0, 0.05) is 62.3 Å². The van der Waals surface area contributed by atoms with Crippen LogP contribution in [0.3, 0.4) is 0 Å². The van der Waals surface area contributed by atoms with Gasteiger partial charge >= 0.3 is 11.9 Å². The lowest BCUT2D eigenvalue weighted by Gasteiger charge is -2.19. The maximum Gasteiger partial charge on any atom is 0.337 e.